The predicted octanol–water partition coefficient (Wildman–Crippen LogP) is 3.58. The number of benzene rings is 1. The molecule has 1 aromatic carbocycles. The molecular formula is C21H23FN4O2S. The van der Waals surface area contributed by atoms with Crippen LogP contribution in [0.25, 0.3) is 0 Å². The molecule has 1 amide bonds. The molecule has 152 valence electrons. The summed E-state index contributed by atoms with van der Waals surface area (Å²) in [5.74, 6) is 0.564. The third kappa shape index (κ3) is 3.53. The number of carbonyl (C=O) groups is 1. The van der Waals surface area contributed by atoms with Crippen molar-refractivity contribution in [2.75, 3.05) is 4.90 Å². The fourth-order valence-electron chi connectivity index (χ4n) is 4.25. The highest BCUT2D eigenvalue weighted by molar-refractivity contribution is 7.80. The molecule has 0 bridgehead atoms. The number of rotatable bonds is 2. The van der Waals surface area contributed by atoms with E-state index in [0.29, 0.717) is 5.76 Å². The molecule has 2 aliphatic rings. The average Bonchev–Trinajstić information content (AvgIpc) is 3.03. The molecule has 1 aliphatic heterocycles. The lowest BCUT2D eigenvalue weighted by molar-refractivity contribution is 0.0945. The normalized spacial score (nSPS) is 19.6. The molecule has 2 aromatic rings. The Bertz CT molecular complexity index is 1030. The number of thiocarbonyl (C=S) groups is 1. The molecule has 3 N–H and O–H groups in total. The minimum absolute atomic E-state index is 0.00796. The lowest BCUT2D eigenvalue weighted by Gasteiger charge is -2.34. The molecule has 0 spiro atoms. The van der Waals surface area contributed by atoms with Crippen LogP contribution in [-0.2, 0) is 12.8 Å². The molecule has 4 rings (SSSR count). The van der Waals surface area contributed by atoms with E-state index in [9.17, 15) is 9.18 Å². The van der Waals surface area contributed by atoms with E-state index in [4.69, 9.17) is 22.4 Å². The Morgan fingerprint density at radius 1 is 1.38 bits per heavy atom. The van der Waals surface area contributed by atoms with Crippen molar-refractivity contribution in [3.63, 3.8) is 0 Å². The zero-order chi connectivity index (χ0) is 20.7. The highest BCUT2D eigenvalue weighted by atomic mass is 32.1. The first-order valence-corrected chi connectivity index (χ1v) is 10.1. The third-order valence-corrected chi connectivity index (χ3v) is 5.70. The minimum atomic E-state index is -0.290. The number of nitrogens with two attached hydrogens (primary N) is 1. The Kier molecular flexibility index (Phi) is 5.12. The van der Waals surface area contributed by atoms with Gasteiger partial charge in [0.25, 0.3) is 5.91 Å². The van der Waals surface area contributed by atoms with E-state index in [2.05, 4.69) is 10.5 Å². The highest BCUT2D eigenvalue weighted by Gasteiger charge is 2.35. The number of hydrazone groups is 1. The van der Waals surface area contributed by atoms with E-state index < -0.39 is 0 Å². The van der Waals surface area contributed by atoms with Crippen molar-refractivity contribution in [1.82, 2.24) is 5.43 Å². The fraction of sp³-hybridized carbons (Fsp3) is 0.381. The minimum Gasteiger partial charge on any atom is -0.455 e. The molecule has 1 atom stereocenters. The topological polar surface area (TPSA) is 83.9 Å². The van der Waals surface area contributed by atoms with Gasteiger partial charge in [-0.25, -0.2) is 4.39 Å². The van der Waals surface area contributed by atoms with E-state index >= 15 is 0 Å². The number of amides is 1. The number of carbonyl (C=O) groups excluding carboxylic acids is 1. The van der Waals surface area contributed by atoms with Crippen LogP contribution >= 0.6 is 12.2 Å². The SMILES string of the molecule is Cc1c(C(=O)N2c3ccc(F)cc3CCC2C)oc2c1/C(=N/NC(N)=S)CCC2. The van der Waals surface area contributed by atoms with Crippen LogP contribution in [0.15, 0.2) is 27.7 Å². The average molecular weight is 415 g/mol. The molecule has 0 radical (unpaired) electrons. The first kappa shape index (κ1) is 19.6. The van der Waals surface area contributed by atoms with Gasteiger partial charge in [0.05, 0.1) is 5.71 Å². The van der Waals surface area contributed by atoms with Crippen LogP contribution < -0.4 is 16.1 Å². The van der Waals surface area contributed by atoms with Crippen molar-refractivity contribution >= 4 is 34.6 Å². The quantitative estimate of drug-likeness (QED) is 0.580. The van der Waals surface area contributed by atoms with Crippen molar-refractivity contribution in [3.05, 3.63) is 52.2 Å². The number of hydrogen-bond acceptors (Lipinski definition) is 4. The second-order valence-electron chi connectivity index (χ2n) is 7.58. The first-order valence-electron chi connectivity index (χ1n) is 9.73. The van der Waals surface area contributed by atoms with Gasteiger partial charge < -0.3 is 15.1 Å². The zero-order valence-corrected chi connectivity index (χ0v) is 17.2. The van der Waals surface area contributed by atoms with Crippen LogP contribution in [0.1, 0.15) is 59.2 Å². The molecule has 6 nitrogen and oxygen atoms in total. The maximum atomic E-state index is 13.7. The number of furan rings is 1. The fourth-order valence-corrected chi connectivity index (χ4v) is 4.29. The van der Waals surface area contributed by atoms with Crippen LogP contribution in [0.5, 0.6) is 0 Å². The van der Waals surface area contributed by atoms with Gasteiger partial charge in [-0.2, -0.15) is 5.10 Å². The maximum absolute atomic E-state index is 13.7. The second-order valence-corrected chi connectivity index (χ2v) is 8.02. The predicted molar refractivity (Wildman–Crippen MR) is 114 cm³/mol. The highest BCUT2D eigenvalue weighted by Crippen LogP contribution is 2.35. The Labute approximate surface area is 173 Å². The number of anilines is 1. The molecule has 1 unspecified atom stereocenters. The van der Waals surface area contributed by atoms with Crippen molar-refractivity contribution < 1.29 is 13.6 Å². The van der Waals surface area contributed by atoms with E-state index in [-0.39, 0.29) is 22.9 Å². The molecule has 2 heterocycles. The summed E-state index contributed by atoms with van der Waals surface area (Å²) in [6.07, 6.45) is 3.87. The second kappa shape index (κ2) is 7.59. The number of nitrogens with zero attached hydrogens (tertiary/aromatic N) is 2. The van der Waals surface area contributed by atoms with E-state index in [1.54, 1.807) is 11.0 Å². The van der Waals surface area contributed by atoms with Gasteiger partial charge in [-0.15, -0.1) is 0 Å². The summed E-state index contributed by atoms with van der Waals surface area (Å²) in [4.78, 5) is 15.2. The lowest BCUT2D eigenvalue weighted by atomic mass is 9.92. The standard InChI is InChI=1S/C21H23FN4O2S/c1-11-6-7-13-10-14(22)8-9-16(13)26(11)20(27)19-12(2)18-15(24-25-21(23)29)4-3-5-17(18)28-19/h8-11H,3-7H2,1-2H3,(H3,23,25,29)/b24-15+. The maximum Gasteiger partial charge on any atom is 0.294 e. The Morgan fingerprint density at radius 2 is 2.17 bits per heavy atom. The molecule has 1 aromatic heterocycles. The zero-order valence-electron chi connectivity index (χ0n) is 16.4. The summed E-state index contributed by atoms with van der Waals surface area (Å²) < 4.78 is 19.7. The molecule has 8 heteroatoms. The van der Waals surface area contributed by atoms with Crippen LogP contribution in [-0.4, -0.2) is 22.8 Å². The molecular weight excluding hydrogens is 391 g/mol. The Balaban J connectivity index is 1.74. The van der Waals surface area contributed by atoms with Gasteiger partial charge in [0.1, 0.15) is 11.6 Å². The van der Waals surface area contributed by atoms with E-state index in [1.807, 2.05) is 13.8 Å². The van der Waals surface area contributed by atoms with Gasteiger partial charge >= 0.3 is 0 Å². The summed E-state index contributed by atoms with van der Waals surface area (Å²) in [5, 5.41) is 4.40. The van der Waals surface area contributed by atoms with Gasteiger partial charge in [-0.05, 0) is 75.5 Å². The van der Waals surface area contributed by atoms with Gasteiger partial charge in [0, 0.05) is 29.3 Å². The smallest absolute Gasteiger partial charge is 0.294 e. The summed E-state index contributed by atoms with van der Waals surface area (Å²) in [6, 6.07) is 4.57. The van der Waals surface area contributed by atoms with Crippen molar-refractivity contribution in [2.24, 2.45) is 10.8 Å². The van der Waals surface area contributed by atoms with Crippen LogP contribution in [0, 0.1) is 12.7 Å². The molecule has 0 saturated heterocycles. The van der Waals surface area contributed by atoms with E-state index in [1.165, 1.54) is 12.1 Å². The van der Waals surface area contributed by atoms with Crippen molar-refractivity contribution in [1.29, 1.82) is 0 Å². The molecule has 29 heavy (non-hydrogen) atoms. The van der Waals surface area contributed by atoms with Crippen LogP contribution in [0.4, 0.5) is 10.1 Å². The largest absolute Gasteiger partial charge is 0.455 e. The van der Waals surface area contributed by atoms with Gasteiger partial charge in [-0.3, -0.25) is 10.2 Å². The summed E-state index contributed by atoms with van der Waals surface area (Å²) in [6.45, 7) is 3.87. The number of nitrogens with one attached hydrogen (secondary N) is 1. The monoisotopic (exact) mass is 414 g/mol. The van der Waals surface area contributed by atoms with Crippen LogP contribution in [0.2, 0.25) is 0 Å². The number of fused-ring (bicyclic) bond motifs is 2. The van der Waals surface area contributed by atoms with Gasteiger partial charge in [0.15, 0.2) is 10.9 Å². The summed E-state index contributed by atoms with van der Waals surface area (Å²) in [7, 11) is 0. The number of aryl methyl sites for hydroxylation is 2. The van der Waals surface area contributed by atoms with Gasteiger partial charge in [0.2, 0.25) is 0 Å². The molecule has 0 fully saturated rings. The van der Waals surface area contributed by atoms with Gasteiger partial charge in [-0.1, -0.05) is 0 Å². The third-order valence-electron chi connectivity index (χ3n) is 5.61. The lowest BCUT2D eigenvalue weighted by Crippen LogP contribution is -2.42. The molecule has 1 aliphatic carbocycles. The number of hydrogen-bond donors (Lipinski definition) is 2. The Morgan fingerprint density at radius 3 is 2.93 bits per heavy atom. The van der Waals surface area contributed by atoms with Crippen LogP contribution in [0.3, 0.4) is 0 Å². The summed E-state index contributed by atoms with van der Waals surface area (Å²) in [5.41, 5.74) is 12.1. The number of halogens is 1. The van der Waals surface area contributed by atoms with Crippen molar-refractivity contribution in [2.45, 2.75) is 52.0 Å². The first-order chi connectivity index (χ1) is 13.9. The van der Waals surface area contributed by atoms with E-state index in [0.717, 1.165) is 66.0 Å². The Hall–Kier alpha value is -2.74. The molecule has 0 saturated carbocycles. The van der Waals surface area contributed by atoms with Crippen molar-refractivity contribution in [3.8, 4) is 0 Å². The summed E-state index contributed by atoms with van der Waals surface area (Å²) >= 11 is 4.84.